The Labute approximate surface area is 127 Å². The highest BCUT2D eigenvalue weighted by atomic mass is 16.5. The predicted molar refractivity (Wildman–Crippen MR) is 83.6 cm³/mol. The maximum Gasteiger partial charge on any atom is 0.291 e. The second-order valence-electron chi connectivity index (χ2n) is 4.92. The number of phenols is 1. The summed E-state index contributed by atoms with van der Waals surface area (Å²) in [5, 5.41) is 13.0. The zero-order chi connectivity index (χ0) is 15.7. The summed E-state index contributed by atoms with van der Waals surface area (Å²) in [6.07, 6.45) is 0. The molecule has 3 rings (SSSR count). The molecule has 2 N–H and O–H groups in total. The highest BCUT2D eigenvalue weighted by Gasteiger charge is 2.18. The van der Waals surface area contributed by atoms with Gasteiger partial charge in [0.05, 0.1) is 7.11 Å². The van der Waals surface area contributed by atoms with Crippen LogP contribution in [0.4, 0.5) is 5.69 Å². The summed E-state index contributed by atoms with van der Waals surface area (Å²) in [7, 11) is 1.59. The molecular weight excluding hydrogens is 282 g/mol. The van der Waals surface area contributed by atoms with Crippen molar-refractivity contribution < 1.29 is 19.1 Å². The van der Waals surface area contributed by atoms with Crippen LogP contribution in [-0.2, 0) is 0 Å². The summed E-state index contributed by atoms with van der Waals surface area (Å²) in [6, 6.07) is 11.7. The molecule has 0 aliphatic rings. The van der Waals surface area contributed by atoms with Gasteiger partial charge in [-0.15, -0.1) is 0 Å². The highest BCUT2D eigenvalue weighted by Crippen LogP contribution is 2.29. The SMILES string of the molecule is COc1ccc2oc(C(=O)Nc3cccc(O)c3)c(C)c2c1. The molecule has 1 heterocycles. The van der Waals surface area contributed by atoms with E-state index in [1.807, 2.05) is 13.0 Å². The van der Waals surface area contributed by atoms with Gasteiger partial charge >= 0.3 is 0 Å². The molecule has 3 aromatic rings. The van der Waals surface area contributed by atoms with E-state index in [4.69, 9.17) is 9.15 Å². The summed E-state index contributed by atoms with van der Waals surface area (Å²) in [5.74, 6) is 0.671. The van der Waals surface area contributed by atoms with Gasteiger partial charge in [0.2, 0.25) is 0 Å². The molecule has 0 bridgehead atoms. The molecule has 5 nitrogen and oxygen atoms in total. The standard InChI is InChI=1S/C17H15NO4/c1-10-14-9-13(21-2)6-7-15(14)22-16(10)17(20)18-11-4-3-5-12(19)8-11/h3-9,19H,1-2H3,(H,18,20). The second-order valence-corrected chi connectivity index (χ2v) is 4.92. The fraction of sp³-hybridized carbons (Fsp3) is 0.118. The number of aryl methyl sites for hydroxylation is 1. The van der Waals surface area contributed by atoms with Crippen molar-refractivity contribution in [2.24, 2.45) is 0 Å². The van der Waals surface area contributed by atoms with Crippen LogP contribution in [-0.4, -0.2) is 18.1 Å². The van der Waals surface area contributed by atoms with E-state index >= 15 is 0 Å². The number of ether oxygens (including phenoxy) is 1. The lowest BCUT2D eigenvalue weighted by Gasteiger charge is -2.04. The average Bonchev–Trinajstić information content (AvgIpc) is 2.84. The lowest BCUT2D eigenvalue weighted by atomic mass is 10.1. The van der Waals surface area contributed by atoms with Gasteiger partial charge in [-0.25, -0.2) is 0 Å². The van der Waals surface area contributed by atoms with Crippen molar-refractivity contribution >= 4 is 22.6 Å². The van der Waals surface area contributed by atoms with E-state index in [0.29, 0.717) is 17.0 Å². The summed E-state index contributed by atoms with van der Waals surface area (Å²) < 4.78 is 10.8. The molecule has 112 valence electrons. The van der Waals surface area contributed by atoms with Gasteiger partial charge in [-0.3, -0.25) is 4.79 Å². The van der Waals surface area contributed by atoms with E-state index in [0.717, 1.165) is 10.9 Å². The van der Waals surface area contributed by atoms with Gasteiger partial charge in [-0.05, 0) is 37.3 Å². The second kappa shape index (κ2) is 5.44. The Kier molecular flexibility index (Phi) is 3.47. The molecule has 0 atom stereocenters. The van der Waals surface area contributed by atoms with Crippen molar-refractivity contribution in [3.63, 3.8) is 0 Å². The maximum absolute atomic E-state index is 12.4. The fourth-order valence-electron chi connectivity index (χ4n) is 2.32. The summed E-state index contributed by atoms with van der Waals surface area (Å²) in [5.41, 5.74) is 1.87. The summed E-state index contributed by atoms with van der Waals surface area (Å²) in [4.78, 5) is 12.4. The molecule has 0 saturated carbocycles. The number of carbonyl (C=O) groups excluding carboxylic acids is 1. The molecule has 1 amide bonds. The molecule has 0 unspecified atom stereocenters. The van der Waals surface area contributed by atoms with Crippen LogP contribution in [0.15, 0.2) is 46.9 Å². The maximum atomic E-state index is 12.4. The molecule has 0 spiro atoms. The minimum atomic E-state index is -0.363. The smallest absolute Gasteiger partial charge is 0.291 e. The molecule has 0 radical (unpaired) electrons. The third-order valence-corrected chi connectivity index (χ3v) is 3.45. The number of carbonyl (C=O) groups is 1. The topological polar surface area (TPSA) is 71.7 Å². The molecule has 0 aliphatic heterocycles. The van der Waals surface area contributed by atoms with Gasteiger partial charge in [0.15, 0.2) is 5.76 Å². The molecule has 22 heavy (non-hydrogen) atoms. The molecule has 0 fully saturated rings. The number of anilines is 1. The van der Waals surface area contributed by atoms with Crippen molar-refractivity contribution in [3.05, 3.63) is 53.8 Å². The number of fused-ring (bicyclic) bond motifs is 1. The predicted octanol–water partition coefficient (Wildman–Crippen LogP) is 3.71. The molecule has 0 aliphatic carbocycles. The van der Waals surface area contributed by atoms with Gasteiger partial charge in [-0.2, -0.15) is 0 Å². The van der Waals surface area contributed by atoms with Crippen molar-refractivity contribution in [3.8, 4) is 11.5 Å². The molecule has 1 aromatic heterocycles. The largest absolute Gasteiger partial charge is 0.508 e. The first-order valence-electron chi connectivity index (χ1n) is 6.76. The molecular formula is C17H15NO4. The van der Waals surface area contributed by atoms with Crippen LogP contribution in [0, 0.1) is 6.92 Å². The van der Waals surface area contributed by atoms with Crippen molar-refractivity contribution in [2.45, 2.75) is 6.92 Å². The van der Waals surface area contributed by atoms with E-state index < -0.39 is 0 Å². The van der Waals surface area contributed by atoms with Crippen LogP contribution in [0.25, 0.3) is 11.0 Å². The molecule has 0 saturated heterocycles. The number of furan rings is 1. The third kappa shape index (κ3) is 2.48. The number of methoxy groups -OCH3 is 1. The van der Waals surface area contributed by atoms with Crippen LogP contribution in [0.2, 0.25) is 0 Å². The van der Waals surface area contributed by atoms with Gasteiger partial charge < -0.3 is 19.6 Å². The Morgan fingerprint density at radius 2 is 2.05 bits per heavy atom. The summed E-state index contributed by atoms with van der Waals surface area (Å²) in [6.45, 7) is 1.82. The van der Waals surface area contributed by atoms with Crippen LogP contribution in [0.1, 0.15) is 16.1 Å². The van der Waals surface area contributed by atoms with Crippen molar-refractivity contribution in [1.29, 1.82) is 0 Å². The lowest BCUT2D eigenvalue weighted by Crippen LogP contribution is -2.11. The number of amides is 1. The number of rotatable bonds is 3. The highest BCUT2D eigenvalue weighted by molar-refractivity contribution is 6.06. The first kappa shape index (κ1) is 14.0. The van der Waals surface area contributed by atoms with E-state index in [2.05, 4.69) is 5.32 Å². The number of benzene rings is 2. The van der Waals surface area contributed by atoms with Crippen LogP contribution < -0.4 is 10.1 Å². The first-order valence-corrected chi connectivity index (χ1v) is 6.76. The first-order chi connectivity index (χ1) is 10.6. The quantitative estimate of drug-likeness (QED) is 0.773. The normalized spacial score (nSPS) is 10.6. The van der Waals surface area contributed by atoms with Crippen molar-refractivity contribution in [2.75, 3.05) is 12.4 Å². The average molecular weight is 297 g/mol. The minimum Gasteiger partial charge on any atom is -0.508 e. The third-order valence-electron chi connectivity index (χ3n) is 3.45. The van der Waals surface area contributed by atoms with E-state index in [-0.39, 0.29) is 17.4 Å². The van der Waals surface area contributed by atoms with E-state index in [1.54, 1.807) is 31.4 Å². The zero-order valence-corrected chi connectivity index (χ0v) is 12.2. The van der Waals surface area contributed by atoms with Gasteiger partial charge in [0, 0.05) is 22.7 Å². The Balaban J connectivity index is 1.95. The number of aromatic hydroxyl groups is 1. The molecule has 5 heteroatoms. The van der Waals surface area contributed by atoms with Crippen LogP contribution in [0.3, 0.4) is 0 Å². The number of nitrogens with one attached hydrogen (secondary N) is 1. The van der Waals surface area contributed by atoms with Gasteiger partial charge in [-0.1, -0.05) is 6.07 Å². The Hall–Kier alpha value is -2.95. The zero-order valence-electron chi connectivity index (χ0n) is 12.2. The Bertz CT molecular complexity index is 851. The molecule has 2 aromatic carbocycles. The number of hydrogen-bond donors (Lipinski definition) is 2. The van der Waals surface area contributed by atoms with Gasteiger partial charge in [0.25, 0.3) is 5.91 Å². The summed E-state index contributed by atoms with van der Waals surface area (Å²) >= 11 is 0. The van der Waals surface area contributed by atoms with E-state index in [1.165, 1.54) is 12.1 Å². The Morgan fingerprint density at radius 1 is 1.23 bits per heavy atom. The number of hydrogen-bond acceptors (Lipinski definition) is 4. The monoisotopic (exact) mass is 297 g/mol. The van der Waals surface area contributed by atoms with E-state index in [9.17, 15) is 9.90 Å². The Morgan fingerprint density at radius 3 is 2.77 bits per heavy atom. The lowest BCUT2D eigenvalue weighted by molar-refractivity contribution is 0.0998. The van der Waals surface area contributed by atoms with Crippen molar-refractivity contribution in [1.82, 2.24) is 0 Å². The number of phenolic OH excluding ortho intramolecular Hbond substituents is 1. The van der Waals surface area contributed by atoms with Gasteiger partial charge in [0.1, 0.15) is 17.1 Å². The minimum absolute atomic E-state index is 0.0869. The fourth-order valence-corrected chi connectivity index (χ4v) is 2.32. The van der Waals surface area contributed by atoms with Crippen LogP contribution in [0.5, 0.6) is 11.5 Å². The van der Waals surface area contributed by atoms with Crippen LogP contribution >= 0.6 is 0 Å².